The molecule has 36 heavy (non-hydrogen) atoms. The number of benzene rings is 1. The first-order valence-electron chi connectivity index (χ1n) is 11.8. The van der Waals surface area contributed by atoms with Gasteiger partial charge in [-0.1, -0.05) is 6.07 Å². The van der Waals surface area contributed by atoms with Gasteiger partial charge in [-0.3, -0.25) is 4.79 Å². The van der Waals surface area contributed by atoms with Crippen LogP contribution < -0.4 is 20.9 Å². The van der Waals surface area contributed by atoms with Crippen molar-refractivity contribution in [2.45, 2.75) is 25.8 Å². The molecule has 0 radical (unpaired) electrons. The number of aromatic nitrogens is 5. The lowest BCUT2D eigenvalue weighted by Crippen LogP contribution is -2.39. The van der Waals surface area contributed by atoms with Crippen LogP contribution in [0.15, 0.2) is 45.1 Å². The molecule has 0 aliphatic carbocycles. The Hall–Kier alpha value is -4.06. The maximum atomic E-state index is 14.2. The van der Waals surface area contributed by atoms with Crippen molar-refractivity contribution in [2.75, 3.05) is 34.8 Å². The van der Waals surface area contributed by atoms with Gasteiger partial charge in [0.15, 0.2) is 0 Å². The number of nitrogens with zero attached hydrogens (tertiary/aromatic N) is 7. The molecule has 2 aliphatic rings. The third-order valence-corrected chi connectivity index (χ3v) is 7.23. The topological polar surface area (TPSA) is 122 Å². The van der Waals surface area contributed by atoms with Crippen molar-refractivity contribution in [1.82, 2.24) is 24.7 Å². The second-order valence-corrected chi connectivity index (χ2v) is 9.61. The van der Waals surface area contributed by atoms with E-state index in [1.54, 1.807) is 17.2 Å². The summed E-state index contributed by atoms with van der Waals surface area (Å²) >= 11 is 1.44. The van der Waals surface area contributed by atoms with Gasteiger partial charge in [-0.05, 0) is 38.0 Å². The number of thiazole rings is 1. The van der Waals surface area contributed by atoms with E-state index in [0.29, 0.717) is 52.4 Å². The number of hydrogen-bond donors (Lipinski definition) is 1. The summed E-state index contributed by atoms with van der Waals surface area (Å²) in [5, 5.41) is 9.91. The lowest BCUT2D eigenvalue weighted by atomic mass is 10.1. The van der Waals surface area contributed by atoms with Crippen LogP contribution in [0.1, 0.15) is 30.1 Å². The molecule has 11 nitrogen and oxygen atoms in total. The average molecular weight is 505 g/mol. The first kappa shape index (κ1) is 22.4. The van der Waals surface area contributed by atoms with E-state index in [2.05, 4.69) is 20.3 Å². The van der Waals surface area contributed by atoms with Gasteiger partial charge in [0, 0.05) is 55.6 Å². The monoisotopic (exact) mass is 504 g/mol. The molecule has 1 N–H and O–H groups in total. The summed E-state index contributed by atoms with van der Waals surface area (Å²) in [4.78, 5) is 44.1. The molecule has 3 aromatic heterocycles. The van der Waals surface area contributed by atoms with Gasteiger partial charge < -0.3 is 19.5 Å². The Morgan fingerprint density at radius 3 is 2.89 bits per heavy atom. The molecule has 1 saturated heterocycles. The van der Waals surface area contributed by atoms with Gasteiger partial charge in [-0.2, -0.15) is 9.67 Å². The van der Waals surface area contributed by atoms with E-state index in [4.69, 9.17) is 14.4 Å². The highest BCUT2D eigenvalue weighted by molar-refractivity contribution is 7.13. The third-order valence-electron chi connectivity index (χ3n) is 6.46. The minimum absolute atomic E-state index is 0.111. The van der Waals surface area contributed by atoms with Crippen molar-refractivity contribution in [2.24, 2.45) is 7.05 Å². The third kappa shape index (κ3) is 3.73. The van der Waals surface area contributed by atoms with E-state index >= 15 is 0 Å². The van der Waals surface area contributed by atoms with Crippen LogP contribution in [0.2, 0.25) is 0 Å². The number of aryl methyl sites for hydroxylation is 1. The van der Waals surface area contributed by atoms with E-state index in [1.807, 2.05) is 30.5 Å². The minimum Gasteiger partial charge on any atom is -0.388 e. The molecule has 1 fully saturated rings. The molecule has 1 atom stereocenters. The second-order valence-electron chi connectivity index (χ2n) is 8.71. The van der Waals surface area contributed by atoms with Gasteiger partial charge in [-0.25, -0.2) is 14.8 Å². The van der Waals surface area contributed by atoms with Crippen LogP contribution in [0, 0.1) is 0 Å². The molecular weight excluding hydrogens is 480 g/mol. The van der Waals surface area contributed by atoms with Gasteiger partial charge >= 0.3 is 5.76 Å². The largest absolute Gasteiger partial charge is 0.437 e. The van der Waals surface area contributed by atoms with Crippen LogP contribution in [-0.4, -0.2) is 56.3 Å². The Kier molecular flexibility index (Phi) is 5.52. The lowest BCUT2D eigenvalue weighted by Gasteiger charge is -2.27. The van der Waals surface area contributed by atoms with E-state index in [1.165, 1.54) is 18.4 Å². The van der Waals surface area contributed by atoms with E-state index in [0.717, 1.165) is 24.1 Å². The molecular formula is C24H24N8O3S. The Bertz CT molecular complexity index is 1500. The minimum atomic E-state index is -0.543. The number of rotatable bonds is 5. The number of nitrogens with one attached hydrogen (secondary N) is 1. The first-order valence-corrected chi connectivity index (χ1v) is 12.7. The molecule has 0 spiro atoms. The smallest absolute Gasteiger partial charge is 0.388 e. The summed E-state index contributed by atoms with van der Waals surface area (Å²) in [5.74, 6) is 0.607. The predicted octanol–water partition coefficient (Wildman–Crippen LogP) is 3.01. The highest BCUT2D eigenvalue weighted by Crippen LogP contribution is 2.39. The molecule has 6 rings (SSSR count). The molecule has 0 saturated carbocycles. The zero-order chi connectivity index (χ0) is 24.8. The lowest BCUT2D eigenvalue weighted by molar-refractivity contribution is 0.0989. The average Bonchev–Trinajstić information content (AvgIpc) is 3.63. The SMILES string of the molecule is CCNc1nc(-c2nccs2)c2c(n1)N1CCC[C@H]1CN(c1cccc(-c3nn(C)c(=O)o3)c1)C2=O. The maximum absolute atomic E-state index is 14.2. The summed E-state index contributed by atoms with van der Waals surface area (Å²) in [7, 11) is 1.53. The van der Waals surface area contributed by atoms with Crippen molar-refractivity contribution in [3.8, 4) is 22.2 Å². The molecule has 1 aromatic carbocycles. The Balaban J connectivity index is 1.51. The van der Waals surface area contributed by atoms with Crippen LogP contribution in [0.25, 0.3) is 22.2 Å². The first-order chi connectivity index (χ1) is 17.5. The number of carbonyl (C=O) groups is 1. The van der Waals surface area contributed by atoms with Crippen LogP contribution in [-0.2, 0) is 7.05 Å². The molecule has 0 bridgehead atoms. The Morgan fingerprint density at radius 1 is 1.25 bits per heavy atom. The van der Waals surface area contributed by atoms with E-state index < -0.39 is 5.76 Å². The molecule has 184 valence electrons. The van der Waals surface area contributed by atoms with Gasteiger partial charge in [0.25, 0.3) is 5.91 Å². The number of carbonyl (C=O) groups excluding carboxylic acids is 1. The number of amides is 1. The number of hydrogen-bond acceptors (Lipinski definition) is 10. The van der Waals surface area contributed by atoms with Gasteiger partial charge in [0.2, 0.25) is 11.8 Å². The number of fused-ring (bicyclic) bond motifs is 3. The zero-order valence-electron chi connectivity index (χ0n) is 19.8. The van der Waals surface area contributed by atoms with E-state index in [-0.39, 0.29) is 17.8 Å². The van der Waals surface area contributed by atoms with Crippen molar-refractivity contribution in [1.29, 1.82) is 0 Å². The summed E-state index contributed by atoms with van der Waals surface area (Å²) in [5.41, 5.74) is 2.28. The van der Waals surface area contributed by atoms with Crippen LogP contribution in [0.5, 0.6) is 0 Å². The quantitative estimate of drug-likeness (QED) is 0.437. The van der Waals surface area contributed by atoms with Gasteiger partial charge in [0.1, 0.15) is 22.1 Å². The standard InChI is InChI=1S/C24H24N8O3S/c1-3-25-23-27-18(21-26-9-11-36-21)17-19(28-23)31-10-5-8-16(31)13-32(22(17)33)15-7-4-6-14(12-15)20-29-30(2)24(34)35-20/h4,6-7,9,11-12,16H,3,5,8,10,13H2,1-2H3,(H,25,27,28)/t16-/m0/s1. The molecule has 4 aromatic rings. The fourth-order valence-electron chi connectivity index (χ4n) is 4.81. The van der Waals surface area contributed by atoms with Crippen molar-refractivity contribution >= 4 is 34.7 Å². The van der Waals surface area contributed by atoms with Crippen molar-refractivity contribution in [3.05, 3.63) is 52.0 Å². The summed E-state index contributed by atoms with van der Waals surface area (Å²) in [6.07, 6.45) is 3.67. The summed E-state index contributed by atoms with van der Waals surface area (Å²) in [6, 6.07) is 7.45. The maximum Gasteiger partial charge on any atom is 0.437 e. The molecule has 5 heterocycles. The van der Waals surface area contributed by atoms with Gasteiger partial charge in [0.05, 0.1) is 0 Å². The zero-order valence-corrected chi connectivity index (χ0v) is 20.7. The van der Waals surface area contributed by atoms with E-state index in [9.17, 15) is 9.59 Å². The van der Waals surface area contributed by atoms with Crippen LogP contribution >= 0.6 is 11.3 Å². The molecule has 1 amide bonds. The molecule has 0 unspecified atom stereocenters. The summed E-state index contributed by atoms with van der Waals surface area (Å²) < 4.78 is 6.42. The summed E-state index contributed by atoms with van der Waals surface area (Å²) in [6.45, 7) is 3.97. The normalized spacial score (nSPS) is 17.2. The van der Waals surface area contributed by atoms with Crippen molar-refractivity contribution in [3.63, 3.8) is 0 Å². The fourth-order valence-corrected chi connectivity index (χ4v) is 5.44. The van der Waals surface area contributed by atoms with Crippen LogP contribution in [0.3, 0.4) is 0 Å². The fraction of sp³-hybridized carbons (Fsp3) is 0.333. The molecule has 2 aliphatic heterocycles. The highest BCUT2D eigenvalue weighted by Gasteiger charge is 2.40. The Labute approximate surface area is 210 Å². The van der Waals surface area contributed by atoms with Crippen molar-refractivity contribution < 1.29 is 9.21 Å². The predicted molar refractivity (Wildman–Crippen MR) is 137 cm³/mol. The molecule has 12 heteroatoms. The highest BCUT2D eigenvalue weighted by atomic mass is 32.1. The van der Waals surface area contributed by atoms with Crippen LogP contribution in [0.4, 0.5) is 17.5 Å². The Morgan fingerprint density at radius 2 is 2.14 bits per heavy atom. The number of anilines is 3. The second kappa shape index (κ2) is 8.86. The van der Waals surface area contributed by atoms with Gasteiger partial charge in [-0.15, -0.1) is 16.4 Å².